The monoisotopic (exact) mass is 245 g/mol. The molecule has 0 unspecified atom stereocenters. The van der Waals surface area contributed by atoms with Crippen LogP contribution in [-0.4, -0.2) is 41.5 Å². The maximum atomic E-state index is 11.7. The fraction of sp³-hybridized carbons (Fsp3) is 0.833. The van der Waals surface area contributed by atoms with Crippen LogP contribution in [0.2, 0.25) is 0 Å². The minimum Gasteiger partial charge on any atom is -0.322 e. The first-order valence-electron chi connectivity index (χ1n) is 6.41. The number of hydrogen-bond donors (Lipinski definition) is 2. The molecule has 2 rings (SSSR count). The first-order valence-corrected chi connectivity index (χ1v) is 6.41. The molecule has 5 nitrogen and oxygen atoms in total. The maximum Gasteiger partial charge on any atom is 0.322 e. The lowest BCUT2D eigenvalue weighted by molar-refractivity contribution is -0.126. The van der Waals surface area contributed by atoms with Gasteiger partial charge in [0.15, 0.2) is 0 Å². The second-order valence-electron chi connectivity index (χ2n) is 4.66. The molecule has 0 radical (unpaired) electrons. The molecule has 102 valence electrons. The molecule has 17 heavy (non-hydrogen) atoms. The van der Waals surface area contributed by atoms with Crippen molar-refractivity contribution in [2.24, 2.45) is 0 Å². The minimum absolute atomic E-state index is 0. The summed E-state index contributed by atoms with van der Waals surface area (Å²) in [5.41, 5.74) is -0.667. The third kappa shape index (κ3) is 2.77. The molecular formula is C12H27N3O2. The molecule has 1 atom stereocenters. The molecule has 5 heteroatoms. The van der Waals surface area contributed by atoms with Crippen LogP contribution in [0.3, 0.4) is 0 Å². The number of carbonyl (C=O) groups is 2. The number of likely N-dealkylation sites (tertiary alicyclic amines) is 1. The summed E-state index contributed by atoms with van der Waals surface area (Å²) in [6.45, 7) is 9.84. The highest BCUT2D eigenvalue weighted by atomic mass is 16.2. The van der Waals surface area contributed by atoms with Crippen molar-refractivity contribution >= 4 is 11.9 Å². The van der Waals surface area contributed by atoms with Crippen molar-refractivity contribution in [2.75, 3.05) is 13.1 Å². The standard InChI is InChI=1S/C10H17N3O2.C2H6.2H2/c1-7(2)13-5-3-4-10(6-13)8(14)11-9(15)12-10;1-2;;/h7H,3-6H2,1-2H3,(H2,11,12,14,15);1-2H3;2*1H/t10-;;;/m1.../s1. The van der Waals surface area contributed by atoms with Crippen LogP contribution in [0.4, 0.5) is 4.79 Å². The Bertz CT molecular complexity index is 313. The fourth-order valence-corrected chi connectivity index (χ4v) is 2.34. The van der Waals surface area contributed by atoms with Crippen molar-refractivity contribution in [1.29, 1.82) is 0 Å². The normalized spacial score (nSPS) is 28.8. The summed E-state index contributed by atoms with van der Waals surface area (Å²) in [5.74, 6) is -0.169. The highest BCUT2D eigenvalue weighted by Crippen LogP contribution is 2.25. The molecule has 2 saturated heterocycles. The number of nitrogens with one attached hydrogen (secondary N) is 2. The van der Waals surface area contributed by atoms with E-state index < -0.39 is 5.54 Å². The van der Waals surface area contributed by atoms with Crippen molar-refractivity contribution in [3.63, 3.8) is 0 Å². The van der Waals surface area contributed by atoms with Crippen LogP contribution in [0.25, 0.3) is 0 Å². The van der Waals surface area contributed by atoms with Gasteiger partial charge in [-0.2, -0.15) is 0 Å². The maximum absolute atomic E-state index is 11.7. The van der Waals surface area contributed by atoms with E-state index in [9.17, 15) is 9.59 Å². The van der Waals surface area contributed by atoms with Gasteiger partial charge in [0, 0.05) is 15.4 Å². The second-order valence-corrected chi connectivity index (χ2v) is 4.66. The van der Waals surface area contributed by atoms with Crippen LogP contribution in [-0.2, 0) is 4.79 Å². The van der Waals surface area contributed by atoms with Gasteiger partial charge in [0.2, 0.25) is 0 Å². The summed E-state index contributed by atoms with van der Waals surface area (Å²) in [5, 5.41) is 5.08. The van der Waals surface area contributed by atoms with E-state index in [1.807, 2.05) is 13.8 Å². The number of carbonyl (C=O) groups excluding carboxylic acids is 2. The van der Waals surface area contributed by atoms with Crippen molar-refractivity contribution in [1.82, 2.24) is 15.5 Å². The molecule has 1 spiro atoms. The van der Waals surface area contributed by atoms with Crippen LogP contribution in [0.15, 0.2) is 0 Å². The number of nitrogens with zero attached hydrogens (tertiary/aromatic N) is 1. The van der Waals surface area contributed by atoms with Crippen LogP contribution in [0, 0.1) is 0 Å². The van der Waals surface area contributed by atoms with E-state index in [1.54, 1.807) is 0 Å². The average Bonchev–Trinajstić information content (AvgIpc) is 2.56. The van der Waals surface area contributed by atoms with Crippen molar-refractivity contribution < 1.29 is 12.4 Å². The van der Waals surface area contributed by atoms with E-state index in [0.717, 1.165) is 19.4 Å². The molecule has 0 aromatic heterocycles. The van der Waals surface area contributed by atoms with Gasteiger partial charge in [0.25, 0.3) is 5.91 Å². The summed E-state index contributed by atoms with van der Waals surface area (Å²) in [6.07, 6.45) is 1.69. The van der Waals surface area contributed by atoms with Gasteiger partial charge in [-0.3, -0.25) is 15.0 Å². The number of piperidine rings is 1. The summed E-state index contributed by atoms with van der Waals surface area (Å²) >= 11 is 0. The Kier molecular flexibility index (Phi) is 4.51. The fourth-order valence-electron chi connectivity index (χ4n) is 2.34. The van der Waals surface area contributed by atoms with Gasteiger partial charge in [-0.15, -0.1) is 0 Å². The topological polar surface area (TPSA) is 61.4 Å². The molecule has 0 aliphatic carbocycles. The minimum atomic E-state index is -0.667. The number of amides is 3. The number of urea groups is 1. The van der Waals surface area contributed by atoms with Crippen molar-refractivity contribution in [3.05, 3.63) is 0 Å². The summed E-state index contributed by atoms with van der Waals surface area (Å²) in [7, 11) is 0. The molecule has 0 aromatic carbocycles. The zero-order chi connectivity index (χ0) is 13.1. The third-order valence-corrected chi connectivity index (χ3v) is 3.27. The number of rotatable bonds is 1. The molecule has 0 saturated carbocycles. The average molecular weight is 245 g/mol. The van der Waals surface area contributed by atoms with Gasteiger partial charge in [0.05, 0.1) is 0 Å². The van der Waals surface area contributed by atoms with Gasteiger partial charge in [-0.1, -0.05) is 13.8 Å². The summed E-state index contributed by atoms with van der Waals surface area (Å²) in [4.78, 5) is 25.1. The van der Waals surface area contributed by atoms with Crippen molar-refractivity contribution in [2.45, 2.75) is 52.1 Å². The van der Waals surface area contributed by atoms with Gasteiger partial charge in [-0.25, -0.2) is 4.79 Å². The van der Waals surface area contributed by atoms with E-state index in [4.69, 9.17) is 0 Å². The Morgan fingerprint density at radius 2 is 2.00 bits per heavy atom. The summed E-state index contributed by atoms with van der Waals surface area (Å²) in [6, 6.07) is 0.0538. The van der Waals surface area contributed by atoms with Gasteiger partial charge < -0.3 is 5.32 Å². The second kappa shape index (κ2) is 5.49. The van der Waals surface area contributed by atoms with Crippen molar-refractivity contribution in [3.8, 4) is 0 Å². The molecule has 2 fully saturated rings. The Balaban J connectivity index is 0. The molecular weight excluding hydrogens is 218 g/mol. The molecule has 2 aliphatic rings. The number of hydrogen-bond acceptors (Lipinski definition) is 3. The number of imide groups is 1. The Morgan fingerprint density at radius 1 is 1.35 bits per heavy atom. The van der Waals surface area contributed by atoms with E-state index in [2.05, 4.69) is 29.4 Å². The lowest BCUT2D eigenvalue weighted by Gasteiger charge is -2.40. The van der Waals surface area contributed by atoms with Crippen LogP contribution in [0.5, 0.6) is 0 Å². The Morgan fingerprint density at radius 3 is 2.47 bits per heavy atom. The zero-order valence-corrected chi connectivity index (χ0v) is 11.2. The molecule has 3 amide bonds. The molecule has 2 aliphatic heterocycles. The summed E-state index contributed by atoms with van der Waals surface area (Å²) < 4.78 is 0. The van der Waals surface area contributed by atoms with Crippen LogP contribution in [0.1, 0.15) is 43.4 Å². The SMILES string of the molecule is CC.CC(C)N1CCC[C@]2(C1)NC(=O)NC2=O.[HH].[HH]. The van der Waals surface area contributed by atoms with Crippen LogP contribution < -0.4 is 10.6 Å². The molecule has 0 bridgehead atoms. The molecule has 2 N–H and O–H groups in total. The van der Waals surface area contributed by atoms with Gasteiger partial charge >= 0.3 is 6.03 Å². The van der Waals surface area contributed by atoms with Crippen LogP contribution >= 0.6 is 0 Å². The lowest BCUT2D eigenvalue weighted by Crippen LogP contribution is -2.59. The molecule has 0 aromatic rings. The predicted molar refractivity (Wildman–Crippen MR) is 70.9 cm³/mol. The highest BCUT2D eigenvalue weighted by molar-refractivity contribution is 6.07. The highest BCUT2D eigenvalue weighted by Gasteiger charge is 2.48. The predicted octanol–water partition coefficient (Wildman–Crippen LogP) is 1.59. The first kappa shape index (κ1) is 14.0. The first-order chi connectivity index (χ1) is 8.03. The van der Waals surface area contributed by atoms with E-state index in [1.165, 1.54) is 0 Å². The molecule has 2 heterocycles. The smallest absolute Gasteiger partial charge is 0.322 e. The van der Waals surface area contributed by atoms with E-state index in [-0.39, 0.29) is 14.8 Å². The zero-order valence-electron chi connectivity index (χ0n) is 11.2. The van der Waals surface area contributed by atoms with E-state index >= 15 is 0 Å². The quantitative estimate of drug-likeness (QED) is 0.690. The Hall–Kier alpha value is -1.10. The largest absolute Gasteiger partial charge is 0.322 e. The van der Waals surface area contributed by atoms with Gasteiger partial charge in [-0.05, 0) is 33.2 Å². The lowest BCUT2D eigenvalue weighted by atomic mass is 9.88. The van der Waals surface area contributed by atoms with Gasteiger partial charge in [0.1, 0.15) is 5.54 Å². The van der Waals surface area contributed by atoms with E-state index in [0.29, 0.717) is 12.6 Å². The Labute approximate surface area is 106 Å². The third-order valence-electron chi connectivity index (χ3n) is 3.27.